The second-order valence-corrected chi connectivity index (χ2v) is 9.33. The van der Waals surface area contributed by atoms with Gasteiger partial charge in [0.2, 0.25) is 0 Å². The number of nitrogens with zero attached hydrogens (tertiary/aromatic N) is 7. The molecular formula is C21H36N8O. The lowest BCUT2D eigenvalue weighted by molar-refractivity contribution is 0.143. The molecule has 0 spiro atoms. The molecule has 3 heterocycles. The minimum Gasteiger partial charge on any atom is -0.328 e. The molecule has 0 aliphatic carbocycles. The zero-order chi connectivity index (χ0) is 21.7. The van der Waals surface area contributed by atoms with Crippen molar-refractivity contribution in [3.8, 4) is 0 Å². The highest BCUT2D eigenvalue weighted by Crippen LogP contribution is 2.19. The predicted octanol–water partition coefficient (Wildman–Crippen LogP) is 1.88. The van der Waals surface area contributed by atoms with E-state index >= 15 is 0 Å². The summed E-state index contributed by atoms with van der Waals surface area (Å²) in [6, 6.07) is 1.44. The Kier molecular flexibility index (Phi) is 7.25. The number of aromatic nitrogens is 4. The zero-order valence-electron chi connectivity index (χ0n) is 19.0. The van der Waals surface area contributed by atoms with Crippen molar-refractivity contribution in [2.24, 2.45) is 5.41 Å². The van der Waals surface area contributed by atoms with Crippen LogP contribution in [0.3, 0.4) is 0 Å². The van der Waals surface area contributed by atoms with Gasteiger partial charge >= 0.3 is 6.03 Å². The molecule has 2 amide bonds. The van der Waals surface area contributed by atoms with Gasteiger partial charge in [-0.15, -0.1) is 10.2 Å². The molecule has 1 fully saturated rings. The molecule has 2 aromatic heterocycles. The number of likely N-dealkylation sites (tertiary alicyclic amines) is 1. The number of urea groups is 1. The smallest absolute Gasteiger partial charge is 0.317 e. The van der Waals surface area contributed by atoms with E-state index in [0.717, 1.165) is 19.6 Å². The summed E-state index contributed by atoms with van der Waals surface area (Å²) >= 11 is 0. The van der Waals surface area contributed by atoms with Crippen LogP contribution in [0, 0.1) is 5.41 Å². The van der Waals surface area contributed by atoms with Gasteiger partial charge in [-0.25, -0.2) is 9.78 Å². The van der Waals surface area contributed by atoms with E-state index in [1.165, 1.54) is 25.9 Å². The summed E-state index contributed by atoms with van der Waals surface area (Å²) in [4.78, 5) is 23.6. The van der Waals surface area contributed by atoms with E-state index in [9.17, 15) is 4.79 Å². The number of likely N-dealkylation sites (N-methyl/N-ethyl adjacent to an activating group) is 1. The number of carbonyl (C=O) groups excluding carboxylic acids is 1. The van der Waals surface area contributed by atoms with Gasteiger partial charge in [0.15, 0.2) is 5.82 Å². The highest BCUT2D eigenvalue weighted by molar-refractivity contribution is 5.74. The molecule has 1 aliphatic rings. The maximum absolute atomic E-state index is 12.8. The minimum atomic E-state index is -0.273. The van der Waals surface area contributed by atoms with Crippen LogP contribution < -0.4 is 5.32 Å². The number of hydrogen-bond acceptors (Lipinski definition) is 6. The molecule has 1 saturated heterocycles. The molecule has 0 aromatic carbocycles. The average Bonchev–Trinajstić information content (AvgIpc) is 3.35. The van der Waals surface area contributed by atoms with Crippen molar-refractivity contribution in [2.45, 2.75) is 39.7 Å². The molecule has 1 unspecified atom stereocenters. The third kappa shape index (κ3) is 5.89. The van der Waals surface area contributed by atoms with Crippen molar-refractivity contribution in [1.29, 1.82) is 0 Å². The largest absolute Gasteiger partial charge is 0.328 e. The first-order chi connectivity index (χ1) is 14.2. The molecule has 30 heavy (non-hydrogen) atoms. The highest BCUT2D eigenvalue weighted by atomic mass is 16.2. The topological polar surface area (TPSA) is 81.9 Å². The van der Waals surface area contributed by atoms with Crippen LogP contribution >= 0.6 is 0 Å². The van der Waals surface area contributed by atoms with Gasteiger partial charge in [-0.3, -0.25) is 4.40 Å². The summed E-state index contributed by atoms with van der Waals surface area (Å²) in [5.74, 6) is 1.20. The first kappa shape index (κ1) is 22.4. The van der Waals surface area contributed by atoms with Crippen LogP contribution in [0.4, 0.5) is 4.79 Å². The fraction of sp³-hybridized carbons (Fsp3) is 0.714. The molecule has 1 N–H and O–H groups in total. The van der Waals surface area contributed by atoms with E-state index in [2.05, 4.69) is 51.2 Å². The van der Waals surface area contributed by atoms with Crippen LogP contribution in [0.2, 0.25) is 0 Å². The molecule has 9 nitrogen and oxygen atoms in total. The van der Waals surface area contributed by atoms with Crippen molar-refractivity contribution in [3.05, 3.63) is 24.3 Å². The first-order valence-electron chi connectivity index (χ1n) is 10.8. The monoisotopic (exact) mass is 416 g/mol. The third-order valence-electron chi connectivity index (χ3n) is 5.65. The lowest BCUT2D eigenvalue weighted by Gasteiger charge is -2.34. The Labute approximate surface area is 179 Å². The lowest BCUT2D eigenvalue weighted by atomic mass is 9.92. The average molecular weight is 417 g/mol. The Morgan fingerprint density at radius 3 is 2.70 bits per heavy atom. The van der Waals surface area contributed by atoms with Gasteiger partial charge in [-0.2, -0.15) is 0 Å². The van der Waals surface area contributed by atoms with Crippen molar-refractivity contribution in [1.82, 2.24) is 39.6 Å². The molecule has 0 bridgehead atoms. The fourth-order valence-corrected chi connectivity index (χ4v) is 4.31. The van der Waals surface area contributed by atoms with E-state index in [-0.39, 0.29) is 17.5 Å². The summed E-state index contributed by atoms with van der Waals surface area (Å²) in [6.45, 7) is 12.6. The second kappa shape index (κ2) is 9.70. The molecule has 0 saturated carbocycles. The molecular weight excluding hydrogens is 380 g/mol. The zero-order valence-corrected chi connectivity index (χ0v) is 19.0. The molecule has 1 aliphatic heterocycles. The van der Waals surface area contributed by atoms with Gasteiger partial charge < -0.3 is 20.0 Å². The molecule has 166 valence electrons. The van der Waals surface area contributed by atoms with Crippen molar-refractivity contribution >= 4 is 11.8 Å². The van der Waals surface area contributed by atoms with Crippen molar-refractivity contribution in [2.75, 3.05) is 53.4 Å². The number of rotatable bonds is 9. The molecule has 3 rings (SSSR count). The Balaban J connectivity index is 1.48. The van der Waals surface area contributed by atoms with Crippen molar-refractivity contribution < 1.29 is 4.79 Å². The van der Waals surface area contributed by atoms with Crippen LogP contribution in [0.25, 0.3) is 5.78 Å². The SMILES string of the molecule is CC(NC(=O)N(C)CC(C)(C)CN(C)CCN1CCCC1)c1nnc2ncccn12. The van der Waals surface area contributed by atoms with Gasteiger partial charge in [-0.05, 0) is 51.4 Å². The van der Waals surface area contributed by atoms with Gasteiger partial charge in [0.25, 0.3) is 5.78 Å². The summed E-state index contributed by atoms with van der Waals surface area (Å²) in [5.41, 5.74) is -0.0133. The molecule has 9 heteroatoms. The van der Waals surface area contributed by atoms with E-state index < -0.39 is 0 Å². The molecule has 2 aromatic rings. The van der Waals surface area contributed by atoms with Gasteiger partial charge in [0.1, 0.15) is 0 Å². The van der Waals surface area contributed by atoms with Crippen LogP contribution in [0.5, 0.6) is 0 Å². The fourth-order valence-electron chi connectivity index (χ4n) is 4.31. The quantitative estimate of drug-likeness (QED) is 0.672. The van der Waals surface area contributed by atoms with E-state index in [4.69, 9.17) is 0 Å². The summed E-state index contributed by atoms with van der Waals surface area (Å²) in [6.07, 6.45) is 6.18. The number of nitrogens with one attached hydrogen (secondary N) is 1. The van der Waals surface area contributed by atoms with E-state index in [1.54, 1.807) is 15.5 Å². The Hall–Kier alpha value is -2.26. The Morgan fingerprint density at radius 1 is 1.23 bits per heavy atom. The van der Waals surface area contributed by atoms with Gasteiger partial charge in [0.05, 0.1) is 6.04 Å². The third-order valence-corrected chi connectivity index (χ3v) is 5.65. The van der Waals surface area contributed by atoms with Crippen LogP contribution in [-0.4, -0.2) is 93.7 Å². The van der Waals surface area contributed by atoms with Crippen LogP contribution in [0.15, 0.2) is 18.5 Å². The maximum Gasteiger partial charge on any atom is 0.317 e. The standard InChI is InChI=1S/C21H36N8O/c1-17(18-24-25-19-22-9-8-12-29(18)19)23-20(30)27(5)16-21(2,3)15-26(4)13-14-28-10-6-7-11-28/h8-9,12,17H,6-7,10-11,13-16H2,1-5H3,(H,23,30). The summed E-state index contributed by atoms with van der Waals surface area (Å²) in [5, 5.41) is 11.3. The van der Waals surface area contributed by atoms with Crippen LogP contribution in [-0.2, 0) is 0 Å². The highest BCUT2D eigenvalue weighted by Gasteiger charge is 2.26. The van der Waals surface area contributed by atoms with Gasteiger partial charge in [-0.1, -0.05) is 13.8 Å². The lowest BCUT2D eigenvalue weighted by Crippen LogP contribution is -2.46. The second-order valence-electron chi connectivity index (χ2n) is 9.33. The van der Waals surface area contributed by atoms with Gasteiger partial charge in [0, 0.05) is 45.6 Å². The molecule has 0 radical (unpaired) electrons. The first-order valence-corrected chi connectivity index (χ1v) is 10.8. The van der Waals surface area contributed by atoms with Crippen LogP contribution in [0.1, 0.15) is 45.5 Å². The molecule has 1 atom stereocenters. The number of amides is 2. The predicted molar refractivity (Wildman–Crippen MR) is 117 cm³/mol. The number of hydrogen-bond donors (Lipinski definition) is 1. The van der Waals surface area contributed by atoms with E-state index in [0.29, 0.717) is 18.1 Å². The number of fused-ring (bicyclic) bond motifs is 1. The maximum atomic E-state index is 12.8. The number of carbonyl (C=O) groups is 1. The Morgan fingerprint density at radius 2 is 1.97 bits per heavy atom. The van der Waals surface area contributed by atoms with Crippen molar-refractivity contribution in [3.63, 3.8) is 0 Å². The Bertz CT molecular complexity index is 829. The normalized spacial score (nSPS) is 16.3. The minimum absolute atomic E-state index is 0.0133. The summed E-state index contributed by atoms with van der Waals surface area (Å²) in [7, 11) is 4.02. The van der Waals surface area contributed by atoms with E-state index in [1.807, 2.05) is 26.2 Å². The summed E-state index contributed by atoms with van der Waals surface area (Å²) < 4.78 is 1.80.